The second kappa shape index (κ2) is 6.47. The molecule has 1 aromatic heterocycles. The highest BCUT2D eigenvalue weighted by Crippen LogP contribution is 2.13. The molecule has 0 aliphatic carbocycles. The van der Waals surface area contributed by atoms with Crippen molar-refractivity contribution in [2.75, 3.05) is 7.05 Å². The summed E-state index contributed by atoms with van der Waals surface area (Å²) in [4.78, 5) is 18.6. The number of aryl methyl sites for hydroxylation is 1. The molecule has 20 heavy (non-hydrogen) atoms. The Balaban J connectivity index is 1.87. The fourth-order valence-corrected chi connectivity index (χ4v) is 2.58. The zero-order chi connectivity index (χ0) is 14.5. The second-order valence-electron chi connectivity index (χ2n) is 4.45. The van der Waals surface area contributed by atoms with Gasteiger partial charge in [0.2, 0.25) is 0 Å². The number of carbonyl (C=O) groups is 1. The molecular weight excluding hydrogens is 277 g/mol. The topological polar surface area (TPSA) is 45.2 Å². The first-order chi connectivity index (χ1) is 9.56. The smallest absolute Gasteiger partial charge is 0.317 e. The number of nitrogens with one attached hydrogen (secondary N) is 1. The highest BCUT2D eigenvalue weighted by atomic mass is 32.1. The van der Waals surface area contributed by atoms with Crippen molar-refractivity contribution in [1.29, 1.82) is 0 Å². The summed E-state index contributed by atoms with van der Waals surface area (Å²) >= 11 is 1.56. The van der Waals surface area contributed by atoms with Gasteiger partial charge in [-0.15, -0.1) is 11.3 Å². The molecule has 2 aromatic rings. The van der Waals surface area contributed by atoms with E-state index in [-0.39, 0.29) is 18.4 Å². The van der Waals surface area contributed by atoms with Gasteiger partial charge in [0.1, 0.15) is 5.82 Å². The summed E-state index contributed by atoms with van der Waals surface area (Å²) in [6.45, 7) is 2.60. The van der Waals surface area contributed by atoms with Crippen LogP contribution in [0.25, 0.3) is 0 Å². The predicted octanol–water partition coefficient (Wildman–Crippen LogP) is 2.93. The van der Waals surface area contributed by atoms with Gasteiger partial charge in [-0.1, -0.05) is 18.2 Å². The van der Waals surface area contributed by atoms with Crippen molar-refractivity contribution in [3.8, 4) is 0 Å². The monoisotopic (exact) mass is 293 g/mol. The van der Waals surface area contributed by atoms with Gasteiger partial charge in [0.15, 0.2) is 0 Å². The summed E-state index contributed by atoms with van der Waals surface area (Å²) in [6, 6.07) is 6.17. The largest absolute Gasteiger partial charge is 0.334 e. The number of hydrogen-bond acceptors (Lipinski definition) is 3. The Morgan fingerprint density at radius 3 is 2.85 bits per heavy atom. The van der Waals surface area contributed by atoms with Gasteiger partial charge in [-0.25, -0.2) is 14.2 Å². The number of amides is 2. The first-order valence-corrected chi connectivity index (χ1v) is 7.01. The molecular formula is C14H16FN3OS. The van der Waals surface area contributed by atoms with Crippen molar-refractivity contribution >= 4 is 17.4 Å². The SMILES string of the molecule is Cc1ncc(CN(C)C(=O)NCc2ccccc2F)s1. The number of hydrogen-bond donors (Lipinski definition) is 1. The molecule has 0 saturated heterocycles. The van der Waals surface area contributed by atoms with Crippen molar-refractivity contribution in [3.63, 3.8) is 0 Å². The Hall–Kier alpha value is -1.95. The van der Waals surface area contributed by atoms with E-state index in [2.05, 4.69) is 10.3 Å². The fraction of sp³-hybridized carbons (Fsp3) is 0.286. The molecule has 6 heteroatoms. The number of thiazole rings is 1. The van der Waals surface area contributed by atoms with E-state index < -0.39 is 0 Å². The van der Waals surface area contributed by atoms with Crippen molar-refractivity contribution in [2.24, 2.45) is 0 Å². The van der Waals surface area contributed by atoms with Crippen LogP contribution in [0.2, 0.25) is 0 Å². The molecule has 0 fully saturated rings. The minimum absolute atomic E-state index is 0.178. The molecule has 0 bridgehead atoms. The first-order valence-electron chi connectivity index (χ1n) is 6.20. The molecule has 0 aliphatic heterocycles. The van der Waals surface area contributed by atoms with E-state index >= 15 is 0 Å². The number of benzene rings is 1. The molecule has 0 atom stereocenters. The minimum atomic E-state index is -0.312. The molecule has 2 amide bonds. The number of aromatic nitrogens is 1. The van der Waals surface area contributed by atoms with Gasteiger partial charge in [-0.05, 0) is 13.0 Å². The Kier molecular flexibility index (Phi) is 4.68. The van der Waals surface area contributed by atoms with Crippen LogP contribution in [0.3, 0.4) is 0 Å². The summed E-state index contributed by atoms with van der Waals surface area (Å²) in [7, 11) is 1.70. The second-order valence-corrected chi connectivity index (χ2v) is 5.77. The van der Waals surface area contributed by atoms with Crippen LogP contribution >= 0.6 is 11.3 Å². The van der Waals surface area contributed by atoms with Crippen LogP contribution in [0.15, 0.2) is 30.5 Å². The number of halogens is 1. The molecule has 0 aliphatic rings. The highest BCUT2D eigenvalue weighted by molar-refractivity contribution is 7.11. The first kappa shape index (κ1) is 14.5. The molecule has 2 rings (SSSR count). The standard InChI is InChI=1S/C14H16FN3OS/c1-10-16-8-12(20-10)9-18(2)14(19)17-7-11-5-3-4-6-13(11)15/h3-6,8H,7,9H2,1-2H3,(H,17,19). The highest BCUT2D eigenvalue weighted by Gasteiger charge is 2.11. The van der Waals surface area contributed by atoms with Gasteiger partial charge >= 0.3 is 6.03 Å². The number of carbonyl (C=O) groups excluding carboxylic acids is 1. The Morgan fingerprint density at radius 2 is 2.20 bits per heavy atom. The summed E-state index contributed by atoms with van der Waals surface area (Å²) < 4.78 is 13.4. The van der Waals surface area contributed by atoms with Gasteiger partial charge in [-0.2, -0.15) is 0 Å². The maximum atomic E-state index is 13.4. The maximum Gasteiger partial charge on any atom is 0.317 e. The lowest BCUT2D eigenvalue weighted by Gasteiger charge is -2.17. The van der Waals surface area contributed by atoms with Crippen molar-refractivity contribution in [1.82, 2.24) is 15.2 Å². The Bertz CT molecular complexity index is 600. The van der Waals surface area contributed by atoms with Gasteiger partial charge in [0.25, 0.3) is 0 Å². The van der Waals surface area contributed by atoms with E-state index in [1.54, 1.807) is 47.7 Å². The molecule has 1 heterocycles. The third kappa shape index (κ3) is 3.77. The maximum absolute atomic E-state index is 13.4. The van der Waals surface area contributed by atoms with Gasteiger partial charge in [-0.3, -0.25) is 0 Å². The van der Waals surface area contributed by atoms with Crippen LogP contribution < -0.4 is 5.32 Å². The average molecular weight is 293 g/mol. The Labute approximate surface area is 121 Å². The summed E-state index contributed by atoms with van der Waals surface area (Å²) in [5.74, 6) is -0.312. The van der Waals surface area contributed by atoms with Gasteiger partial charge in [0.05, 0.1) is 11.6 Å². The molecule has 4 nitrogen and oxygen atoms in total. The number of rotatable bonds is 4. The van der Waals surface area contributed by atoms with E-state index in [4.69, 9.17) is 0 Å². The summed E-state index contributed by atoms with van der Waals surface area (Å²) in [5.41, 5.74) is 0.475. The third-order valence-corrected chi connectivity index (χ3v) is 3.69. The van der Waals surface area contributed by atoms with Gasteiger partial charge < -0.3 is 10.2 Å². The van der Waals surface area contributed by atoms with E-state index in [0.717, 1.165) is 9.88 Å². The predicted molar refractivity (Wildman–Crippen MR) is 77.0 cm³/mol. The van der Waals surface area contributed by atoms with E-state index in [1.807, 2.05) is 6.92 Å². The Morgan fingerprint density at radius 1 is 1.45 bits per heavy atom. The molecule has 1 N–H and O–H groups in total. The zero-order valence-corrected chi connectivity index (χ0v) is 12.2. The van der Waals surface area contributed by atoms with E-state index in [0.29, 0.717) is 12.1 Å². The average Bonchev–Trinajstić information content (AvgIpc) is 2.82. The van der Waals surface area contributed by atoms with Crippen molar-refractivity contribution < 1.29 is 9.18 Å². The van der Waals surface area contributed by atoms with Crippen LogP contribution in [0, 0.1) is 12.7 Å². The van der Waals surface area contributed by atoms with Crippen LogP contribution in [0.5, 0.6) is 0 Å². The lowest BCUT2D eigenvalue weighted by molar-refractivity contribution is 0.206. The quantitative estimate of drug-likeness (QED) is 0.942. The molecule has 0 saturated carbocycles. The minimum Gasteiger partial charge on any atom is -0.334 e. The zero-order valence-electron chi connectivity index (χ0n) is 11.4. The number of nitrogens with zero attached hydrogens (tertiary/aromatic N) is 2. The van der Waals surface area contributed by atoms with Crippen molar-refractivity contribution in [3.05, 3.63) is 51.7 Å². The van der Waals surface area contributed by atoms with Crippen molar-refractivity contribution in [2.45, 2.75) is 20.0 Å². The summed E-state index contributed by atoms with van der Waals surface area (Å²) in [6.07, 6.45) is 1.76. The molecule has 0 radical (unpaired) electrons. The van der Waals surface area contributed by atoms with E-state index in [9.17, 15) is 9.18 Å². The number of urea groups is 1. The third-order valence-electron chi connectivity index (χ3n) is 2.80. The van der Waals surface area contributed by atoms with Crippen LogP contribution in [0.1, 0.15) is 15.4 Å². The lowest BCUT2D eigenvalue weighted by atomic mass is 10.2. The van der Waals surface area contributed by atoms with Crippen LogP contribution in [0.4, 0.5) is 9.18 Å². The van der Waals surface area contributed by atoms with Crippen LogP contribution in [-0.2, 0) is 13.1 Å². The molecule has 0 unspecified atom stereocenters. The lowest BCUT2D eigenvalue weighted by Crippen LogP contribution is -2.36. The molecule has 106 valence electrons. The summed E-state index contributed by atoms with van der Waals surface area (Å²) in [5, 5.41) is 3.67. The van der Waals surface area contributed by atoms with E-state index in [1.165, 1.54) is 6.07 Å². The van der Waals surface area contributed by atoms with Crippen LogP contribution in [-0.4, -0.2) is 23.0 Å². The fourth-order valence-electron chi connectivity index (χ4n) is 1.73. The molecule has 1 aromatic carbocycles. The molecule has 0 spiro atoms. The van der Waals surface area contributed by atoms with Gasteiger partial charge in [0, 0.05) is 30.2 Å². The normalized spacial score (nSPS) is 10.3.